The lowest BCUT2D eigenvalue weighted by Crippen LogP contribution is -2.50. The average Bonchev–Trinajstić information content (AvgIpc) is 3.17. The minimum Gasteiger partial charge on any atom is -0.312 e. The highest BCUT2D eigenvalue weighted by Crippen LogP contribution is 2.25. The fourth-order valence-electron chi connectivity index (χ4n) is 3.71. The zero-order valence-electron chi connectivity index (χ0n) is 13.2. The van der Waals surface area contributed by atoms with E-state index >= 15 is 0 Å². The van der Waals surface area contributed by atoms with Gasteiger partial charge >= 0.3 is 0 Å². The van der Waals surface area contributed by atoms with Gasteiger partial charge in [-0.3, -0.25) is 4.90 Å². The summed E-state index contributed by atoms with van der Waals surface area (Å²) in [6, 6.07) is 1.34. The van der Waals surface area contributed by atoms with Crippen LogP contribution in [-0.4, -0.2) is 50.3 Å². The molecule has 0 radical (unpaired) electrons. The highest BCUT2D eigenvalue weighted by molar-refractivity contribution is 4.93. The summed E-state index contributed by atoms with van der Waals surface area (Å²) >= 11 is 0. The van der Waals surface area contributed by atoms with Gasteiger partial charge < -0.3 is 5.32 Å². The van der Waals surface area contributed by atoms with Gasteiger partial charge in [-0.25, -0.2) is 4.68 Å². The van der Waals surface area contributed by atoms with Gasteiger partial charge in [-0.15, -0.1) is 5.10 Å². The number of unbranched alkanes of at least 4 members (excludes halogenated alkanes) is 1. The van der Waals surface area contributed by atoms with Crippen LogP contribution in [0.5, 0.6) is 0 Å². The molecule has 6 nitrogen and oxygen atoms in total. The fraction of sp³-hybridized carbons (Fsp3) is 0.933. The summed E-state index contributed by atoms with van der Waals surface area (Å²) in [5.41, 5.74) is 0. The predicted octanol–water partition coefficient (Wildman–Crippen LogP) is 1.58. The lowest BCUT2D eigenvalue weighted by atomic mass is 9.94. The maximum Gasteiger partial charge on any atom is 0.165 e. The van der Waals surface area contributed by atoms with Crippen LogP contribution in [0.1, 0.15) is 57.7 Å². The highest BCUT2D eigenvalue weighted by Gasteiger charge is 2.32. The predicted molar refractivity (Wildman–Crippen MR) is 81.8 cm³/mol. The van der Waals surface area contributed by atoms with Crippen molar-refractivity contribution >= 4 is 0 Å². The van der Waals surface area contributed by atoms with Gasteiger partial charge in [-0.05, 0) is 55.6 Å². The summed E-state index contributed by atoms with van der Waals surface area (Å²) in [5.74, 6) is 1.04. The molecule has 0 spiro atoms. The zero-order chi connectivity index (χ0) is 14.5. The van der Waals surface area contributed by atoms with E-state index in [2.05, 4.69) is 32.7 Å². The summed E-state index contributed by atoms with van der Waals surface area (Å²) in [5, 5.41) is 16.0. The van der Waals surface area contributed by atoms with E-state index in [0.717, 1.165) is 25.3 Å². The van der Waals surface area contributed by atoms with Crippen molar-refractivity contribution in [2.45, 2.75) is 77.0 Å². The Morgan fingerprint density at radius 1 is 1.24 bits per heavy atom. The Kier molecular flexibility index (Phi) is 5.19. The zero-order valence-corrected chi connectivity index (χ0v) is 13.2. The minimum absolute atomic E-state index is 0.664. The normalized spacial score (nSPS) is 27.3. The number of rotatable bonds is 6. The summed E-state index contributed by atoms with van der Waals surface area (Å²) < 4.78 is 2.00. The molecule has 1 N–H and O–H groups in total. The van der Waals surface area contributed by atoms with Crippen LogP contribution in [0, 0.1) is 0 Å². The lowest BCUT2D eigenvalue weighted by Gasteiger charge is -2.38. The maximum atomic E-state index is 4.26. The third kappa shape index (κ3) is 3.61. The smallest absolute Gasteiger partial charge is 0.165 e. The molecule has 118 valence electrons. The molecule has 21 heavy (non-hydrogen) atoms. The van der Waals surface area contributed by atoms with E-state index in [1.807, 2.05) is 4.68 Å². The van der Waals surface area contributed by atoms with Gasteiger partial charge in [0, 0.05) is 18.6 Å². The van der Waals surface area contributed by atoms with Crippen LogP contribution in [0.25, 0.3) is 0 Å². The van der Waals surface area contributed by atoms with Crippen molar-refractivity contribution in [1.82, 2.24) is 30.4 Å². The Bertz CT molecular complexity index is 426. The molecule has 2 aliphatic rings. The quantitative estimate of drug-likeness (QED) is 0.862. The van der Waals surface area contributed by atoms with Crippen LogP contribution in [0.4, 0.5) is 0 Å². The molecule has 2 unspecified atom stereocenters. The van der Waals surface area contributed by atoms with Crippen LogP contribution in [0.2, 0.25) is 0 Å². The van der Waals surface area contributed by atoms with E-state index in [0.29, 0.717) is 12.1 Å². The Hall–Kier alpha value is -1.01. The average molecular weight is 292 g/mol. The SMILES string of the molecule is CCCCn1nnnc1CN1CCCCC1C1CCCN1. The van der Waals surface area contributed by atoms with Crippen molar-refractivity contribution in [2.24, 2.45) is 0 Å². The summed E-state index contributed by atoms with van der Waals surface area (Å²) in [7, 11) is 0. The molecule has 2 atom stereocenters. The van der Waals surface area contributed by atoms with Crippen molar-refractivity contribution in [2.75, 3.05) is 13.1 Å². The van der Waals surface area contributed by atoms with Gasteiger partial charge in [0.15, 0.2) is 5.82 Å². The molecule has 2 saturated heterocycles. The van der Waals surface area contributed by atoms with Gasteiger partial charge in [0.2, 0.25) is 0 Å². The Labute approximate surface area is 127 Å². The first-order valence-corrected chi connectivity index (χ1v) is 8.61. The van der Waals surface area contributed by atoms with Crippen molar-refractivity contribution in [3.05, 3.63) is 5.82 Å². The Balaban J connectivity index is 1.65. The van der Waals surface area contributed by atoms with Crippen molar-refractivity contribution in [1.29, 1.82) is 0 Å². The molecule has 0 aromatic carbocycles. The molecule has 2 fully saturated rings. The number of aromatic nitrogens is 4. The first-order valence-electron chi connectivity index (χ1n) is 8.61. The van der Waals surface area contributed by atoms with Crippen LogP contribution in [0.15, 0.2) is 0 Å². The second-order valence-electron chi connectivity index (χ2n) is 6.41. The standard InChI is InChI=1S/C15H28N6/c1-2-3-11-21-15(17-18-19-21)12-20-10-5-4-8-14(20)13-7-6-9-16-13/h13-14,16H,2-12H2,1H3. The topological polar surface area (TPSA) is 58.9 Å². The molecular formula is C15H28N6. The number of nitrogens with zero attached hydrogens (tertiary/aromatic N) is 5. The molecule has 0 amide bonds. The molecule has 3 heterocycles. The molecule has 0 bridgehead atoms. The largest absolute Gasteiger partial charge is 0.312 e. The van der Waals surface area contributed by atoms with Gasteiger partial charge in [0.25, 0.3) is 0 Å². The second kappa shape index (κ2) is 7.31. The molecule has 2 aliphatic heterocycles. The summed E-state index contributed by atoms with van der Waals surface area (Å²) in [6.45, 7) is 6.42. The summed E-state index contributed by atoms with van der Waals surface area (Å²) in [6.07, 6.45) is 8.95. The lowest BCUT2D eigenvalue weighted by molar-refractivity contribution is 0.107. The first kappa shape index (κ1) is 14.9. The highest BCUT2D eigenvalue weighted by atomic mass is 15.5. The molecule has 3 rings (SSSR count). The third-order valence-electron chi connectivity index (χ3n) is 4.90. The molecular weight excluding hydrogens is 264 g/mol. The fourth-order valence-corrected chi connectivity index (χ4v) is 3.71. The van der Waals surface area contributed by atoms with Crippen LogP contribution in [0.3, 0.4) is 0 Å². The second-order valence-corrected chi connectivity index (χ2v) is 6.41. The van der Waals surface area contributed by atoms with E-state index in [9.17, 15) is 0 Å². The maximum absolute atomic E-state index is 4.26. The van der Waals surface area contributed by atoms with Gasteiger partial charge in [0.05, 0.1) is 6.54 Å². The number of tetrazole rings is 1. The first-order chi connectivity index (χ1) is 10.4. The number of hydrogen-bond donors (Lipinski definition) is 1. The van der Waals surface area contributed by atoms with Crippen molar-refractivity contribution in [3.8, 4) is 0 Å². The van der Waals surface area contributed by atoms with E-state index in [-0.39, 0.29) is 0 Å². The molecule has 0 saturated carbocycles. The number of nitrogens with one attached hydrogen (secondary N) is 1. The van der Waals surface area contributed by atoms with E-state index in [4.69, 9.17) is 0 Å². The van der Waals surface area contributed by atoms with E-state index in [1.54, 1.807) is 0 Å². The number of likely N-dealkylation sites (tertiary alicyclic amines) is 1. The van der Waals surface area contributed by atoms with E-state index < -0.39 is 0 Å². The van der Waals surface area contributed by atoms with Crippen LogP contribution < -0.4 is 5.32 Å². The monoisotopic (exact) mass is 292 g/mol. The molecule has 1 aromatic heterocycles. The number of aryl methyl sites for hydroxylation is 1. The van der Waals surface area contributed by atoms with Gasteiger partial charge in [-0.2, -0.15) is 0 Å². The van der Waals surface area contributed by atoms with Crippen molar-refractivity contribution < 1.29 is 0 Å². The summed E-state index contributed by atoms with van der Waals surface area (Å²) in [4.78, 5) is 2.61. The molecule has 6 heteroatoms. The van der Waals surface area contributed by atoms with Crippen LogP contribution in [-0.2, 0) is 13.1 Å². The Morgan fingerprint density at radius 2 is 2.19 bits per heavy atom. The van der Waals surface area contributed by atoms with E-state index in [1.165, 1.54) is 51.6 Å². The van der Waals surface area contributed by atoms with Crippen molar-refractivity contribution in [3.63, 3.8) is 0 Å². The minimum atomic E-state index is 0.664. The molecule has 0 aliphatic carbocycles. The molecule has 1 aromatic rings. The van der Waals surface area contributed by atoms with Gasteiger partial charge in [-0.1, -0.05) is 19.8 Å². The number of piperidine rings is 1. The van der Waals surface area contributed by atoms with Gasteiger partial charge in [0.1, 0.15) is 0 Å². The Morgan fingerprint density at radius 3 is 3.00 bits per heavy atom. The third-order valence-corrected chi connectivity index (χ3v) is 4.90. The number of hydrogen-bond acceptors (Lipinski definition) is 5. The van der Waals surface area contributed by atoms with Crippen LogP contribution >= 0.6 is 0 Å².